The van der Waals surface area contributed by atoms with Gasteiger partial charge in [0.05, 0.1) is 23.4 Å². The van der Waals surface area contributed by atoms with Gasteiger partial charge in [-0.25, -0.2) is 0 Å². The van der Waals surface area contributed by atoms with Crippen molar-refractivity contribution in [1.82, 2.24) is 0 Å². The molecule has 0 atom stereocenters. The number of ether oxygens (including phenoxy) is 1. The largest absolute Gasteiger partial charge is 0.416 e. The maximum atomic E-state index is 12.5. The maximum absolute atomic E-state index is 12.5. The van der Waals surface area contributed by atoms with Crippen molar-refractivity contribution in [1.29, 1.82) is 5.26 Å². The molecule has 19 heavy (non-hydrogen) atoms. The Morgan fingerprint density at radius 2 is 2.05 bits per heavy atom. The highest BCUT2D eigenvalue weighted by Crippen LogP contribution is 2.32. The summed E-state index contributed by atoms with van der Waals surface area (Å²) in [5, 5.41) is 8.95. The Hall–Kier alpha value is -1.74. The number of nitrogens with zero attached hydrogens (tertiary/aromatic N) is 2. The van der Waals surface area contributed by atoms with E-state index in [-0.39, 0.29) is 5.56 Å². The molecule has 0 amide bonds. The molecule has 0 N–H and O–H groups in total. The van der Waals surface area contributed by atoms with Gasteiger partial charge in [0.25, 0.3) is 0 Å². The average Bonchev–Trinajstić information content (AvgIpc) is 2.37. The molecule has 0 aromatic heterocycles. The molecular weight excluding hydrogens is 257 g/mol. The standard InChI is InChI=1S/C13H15F3N2O/c1-3-19-7-6-18(2)12-5-4-11(13(14,15)16)8-10(12)9-17/h4-5,8H,3,6-7H2,1-2H3. The summed E-state index contributed by atoms with van der Waals surface area (Å²) in [6.07, 6.45) is -4.44. The predicted molar refractivity (Wildman–Crippen MR) is 65.9 cm³/mol. The van der Waals surface area contributed by atoms with Gasteiger partial charge in [0, 0.05) is 20.2 Å². The van der Waals surface area contributed by atoms with E-state index in [2.05, 4.69) is 0 Å². The van der Waals surface area contributed by atoms with Crippen LogP contribution in [0.25, 0.3) is 0 Å². The molecule has 0 fully saturated rings. The highest BCUT2D eigenvalue weighted by Gasteiger charge is 2.31. The van der Waals surface area contributed by atoms with Crippen molar-refractivity contribution >= 4 is 5.69 Å². The van der Waals surface area contributed by atoms with Crippen LogP contribution in [0.5, 0.6) is 0 Å². The van der Waals surface area contributed by atoms with Crippen LogP contribution >= 0.6 is 0 Å². The van der Waals surface area contributed by atoms with Crippen molar-refractivity contribution in [3.8, 4) is 6.07 Å². The van der Waals surface area contributed by atoms with Crippen LogP contribution in [0.15, 0.2) is 18.2 Å². The minimum atomic E-state index is -4.44. The van der Waals surface area contributed by atoms with Crippen LogP contribution < -0.4 is 4.90 Å². The van der Waals surface area contributed by atoms with Crippen molar-refractivity contribution in [2.75, 3.05) is 31.7 Å². The molecule has 1 aromatic carbocycles. The van der Waals surface area contributed by atoms with Crippen molar-refractivity contribution in [3.05, 3.63) is 29.3 Å². The molecule has 0 spiro atoms. The van der Waals surface area contributed by atoms with Gasteiger partial charge in [-0.2, -0.15) is 18.4 Å². The summed E-state index contributed by atoms with van der Waals surface area (Å²) in [5.74, 6) is 0. The van der Waals surface area contributed by atoms with Crippen molar-refractivity contribution in [3.63, 3.8) is 0 Å². The van der Waals surface area contributed by atoms with E-state index in [9.17, 15) is 13.2 Å². The summed E-state index contributed by atoms with van der Waals surface area (Å²) in [6.45, 7) is 3.40. The van der Waals surface area contributed by atoms with E-state index in [1.807, 2.05) is 6.92 Å². The fraction of sp³-hybridized carbons (Fsp3) is 0.462. The maximum Gasteiger partial charge on any atom is 0.416 e. The molecule has 3 nitrogen and oxygen atoms in total. The van der Waals surface area contributed by atoms with Gasteiger partial charge >= 0.3 is 6.18 Å². The molecule has 0 aliphatic rings. The Morgan fingerprint density at radius 3 is 2.58 bits per heavy atom. The molecular formula is C13H15F3N2O. The monoisotopic (exact) mass is 272 g/mol. The first-order chi connectivity index (χ1) is 8.90. The summed E-state index contributed by atoms with van der Waals surface area (Å²) >= 11 is 0. The Balaban J connectivity index is 2.94. The van der Waals surface area contributed by atoms with Crippen LogP contribution in [0, 0.1) is 11.3 Å². The molecule has 0 aliphatic heterocycles. The number of halogens is 3. The summed E-state index contributed by atoms with van der Waals surface area (Å²) in [4.78, 5) is 1.70. The lowest BCUT2D eigenvalue weighted by atomic mass is 10.1. The first kappa shape index (κ1) is 15.3. The lowest BCUT2D eigenvalue weighted by Crippen LogP contribution is -2.23. The van der Waals surface area contributed by atoms with E-state index in [0.717, 1.165) is 12.1 Å². The number of hydrogen-bond donors (Lipinski definition) is 0. The Bertz CT molecular complexity index is 466. The Morgan fingerprint density at radius 1 is 1.37 bits per heavy atom. The van der Waals surface area contributed by atoms with Crippen molar-refractivity contribution in [2.24, 2.45) is 0 Å². The first-order valence-electron chi connectivity index (χ1n) is 5.80. The molecule has 1 rings (SSSR count). The van der Waals surface area contributed by atoms with E-state index in [1.165, 1.54) is 6.07 Å². The second-order valence-electron chi connectivity index (χ2n) is 3.96. The Kier molecular flexibility index (Phi) is 5.19. The number of likely N-dealkylation sites (N-methyl/N-ethyl adjacent to an activating group) is 1. The van der Waals surface area contributed by atoms with Crippen molar-refractivity contribution < 1.29 is 17.9 Å². The third kappa shape index (κ3) is 4.14. The fourth-order valence-electron chi connectivity index (χ4n) is 1.60. The molecule has 0 bridgehead atoms. The zero-order valence-electron chi connectivity index (χ0n) is 10.8. The van der Waals surface area contributed by atoms with Gasteiger partial charge in [-0.15, -0.1) is 0 Å². The van der Waals surface area contributed by atoms with Crippen LogP contribution in [-0.4, -0.2) is 26.8 Å². The normalized spacial score (nSPS) is 11.2. The third-order valence-corrected chi connectivity index (χ3v) is 2.63. The average molecular weight is 272 g/mol. The molecule has 6 heteroatoms. The molecule has 0 saturated carbocycles. The van der Waals surface area contributed by atoms with Gasteiger partial charge in [-0.3, -0.25) is 0 Å². The number of alkyl halides is 3. The summed E-state index contributed by atoms with van der Waals surface area (Å²) in [5.41, 5.74) is -0.338. The highest BCUT2D eigenvalue weighted by molar-refractivity contribution is 5.60. The minimum Gasteiger partial charge on any atom is -0.380 e. The van der Waals surface area contributed by atoms with Crippen LogP contribution in [0.2, 0.25) is 0 Å². The third-order valence-electron chi connectivity index (χ3n) is 2.63. The lowest BCUT2D eigenvalue weighted by Gasteiger charge is -2.21. The first-order valence-corrected chi connectivity index (χ1v) is 5.80. The van der Waals surface area contributed by atoms with Crippen LogP contribution in [0.1, 0.15) is 18.1 Å². The van der Waals surface area contributed by atoms with E-state index >= 15 is 0 Å². The Labute approximate surface area is 110 Å². The number of hydrogen-bond acceptors (Lipinski definition) is 3. The smallest absolute Gasteiger partial charge is 0.380 e. The van der Waals surface area contributed by atoms with Crippen molar-refractivity contribution in [2.45, 2.75) is 13.1 Å². The van der Waals surface area contributed by atoms with Crippen LogP contribution in [0.4, 0.5) is 18.9 Å². The molecule has 0 heterocycles. The van der Waals surface area contributed by atoms with Gasteiger partial charge in [0.15, 0.2) is 0 Å². The second kappa shape index (κ2) is 6.43. The molecule has 0 radical (unpaired) electrons. The predicted octanol–water partition coefficient (Wildman–Crippen LogP) is 3.05. The van der Waals surface area contributed by atoms with Gasteiger partial charge in [0.1, 0.15) is 6.07 Å². The van der Waals surface area contributed by atoms with Gasteiger partial charge in [-0.05, 0) is 25.1 Å². The second-order valence-corrected chi connectivity index (χ2v) is 3.96. The topological polar surface area (TPSA) is 36.3 Å². The SMILES string of the molecule is CCOCCN(C)c1ccc(C(F)(F)F)cc1C#N. The molecule has 0 saturated heterocycles. The van der Waals surface area contributed by atoms with Gasteiger partial charge < -0.3 is 9.64 Å². The van der Waals surface area contributed by atoms with Crippen LogP contribution in [-0.2, 0) is 10.9 Å². The number of nitriles is 1. The zero-order valence-corrected chi connectivity index (χ0v) is 10.8. The molecule has 1 aromatic rings. The molecule has 0 aliphatic carbocycles. The summed E-state index contributed by atoms with van der Waals surface area (Å²) in [7, 11) is 1.71. The number of rotatable bonds is 5. The van der Waals surface area contributed by atoms with Gasteiger partial charge in [0.2, 0.25) is 0 Å². The zero-order chi connectivity index (χ0) is 14.5. The summed E-state index contributed by atoms with van der Waals surface area (Å²) < 4.78 is 42.8. The summed E-state index contributed by atoms with van der Waals surface area (Å²) in [6, 6.07) is 4.96. The van der Waals surface area contributed by atoms with Gasteiger partial charge in [-0.1, -0.05) is 0 Å². The van der Waals surface area contributed by atoms with E-state index < -0.39 is 11.7 Å². The quantitative estimate of drug-likeness (QED) is 0.773. The molecule has 0 unspecified atom stereocenters. The lowest BCUT2D eigenvalue weighted by molar-refractivity contribution is -0.137. The van der Waals surface area contributed by atoms with E-state index in [1.54, 1.807) is 18.0 Å². The number of benzene rings is 1. The minimum absolute atomic E-state index is 0.00817. The number of anilines is 1. The fourth-order valence-corrected chi connectivity index (χ4v) is 1.60. The molecule has 104 valence electrons. The van der Waals surface area contributed by atoms with E-state index in [4.69, 9.17) is 10.00 Å². The van der Waals surface area contributed by atoms with Crippen LogP contribution in [0.3, 0.4) is 0 Å². The highest BCUT2D eigenvalue weighted by atomic mass is 19.4. The van der Waals surface area contributed by atoms with E-state index in [0.29, 0.717) is 25.4 Å².